The van der Waals surface area contributed by atoms with Gasteiger partial charge < -0.3 is 9.47 Å². The Morgan fingerprint density at radius 3 is 1.90 bits per heavy atom. The molecule has 0 radical (unpaired) electrons. The van der Waals surface area contributed by atoms with Gasteiger partial charge in [-0.25, -0.2) is 8.78 Å². The Bertz CT molecular complexity index is 1080. The number of hydrogen-bond acceptors (Lipinski definition) is 1. The number of rotatable bonds is 4. The molecule has 4 heteroatoms. The van der Waals surface area contributed by atoms with Crippen LogP contribution >= 0.6 is 0 Å². The lowest BCUT2D eigenvalue weighted by Gasteiger charge is -2.26. The summed E-state index contributed by atoms with van der Waals surface area (Å²) in [5.74, 6) is -1.20. The fraction of sp³-hybridized carbons (Fsp3) is 0.0400. The smallest absolute Gasteiger partial charge is 0.127 e. The van der Waals surface area contributed by atoms with E-state index in [9.17, 15) is 8.78 Å². The zero-order chi connectivity index (χ0) is 20.4. The lowest BCUT2D eigenvalue weighted by atomic mass is 10.0. The molecule has 0 spiro atoms. The molecule has 0 saturated carbocycles. The minimum atomic E-state index is -0.608. The Kier molecular flexibility index (Phi) is 5.00. The third-order valence-electron chi connectivity index (χ3n) is 4.81. The molecule has 0 N–H and O–H groups in total. The Morgan fingerprint density at radius 2 is 1.34 bits per heavy atom. The highest BCUT2D eigenvalue weighted by atomic mass is 19.1. The van der Waals surface area contributed by atoms with E-state index in [1.807, 2.05) is 72.8 Å². The van der Waals surface area contributed by atoms with E-state index in [2.05, 4.69) is 11.9 Å². The summed E-state index contributed by atoms with van der Waals surface area (Å²) >= 11 is 0. The van der Waals surface area contributed by atoms with Gasteiger partial charge in [-0.1, -0.05) is 36.4 Å². The summed E-state index contributed by atoms with van der Waals surface area (Å²) in [6.45, 7) is 1.69. The fourth-order valence-electron chi connectivity index (χ4n) is 3.50. The summed E-state index contributed by atoms with van der Waals surface area (Å²) in [5, 5.41) is 0. The molecule has 0 aliphatic heterocycles. The van der Waals surface area contributed by atoms with E-state index < -0.39 is 11.6 Å². The van der Waals surface area contributed by atoms with Gasteiger partial charge in [-0.05, 0) is 55.0 Å². The summed E-state index contributed by atoms with van der Waals surface area (Å²) in [7, 11) is 3.99. The minimum absolute atomic E-state index is 0.337. The zero-order valence-electron chi connectivity index (χ0n) is 16.0. The zero-order valence-corrected chi connectivity index (χ0v) is 16.0. The number of para-hydroxylation sites is 2. The van der Waals surface area contributed by atoms with Crippen molar-refractivity contribution in [2.75, 3.05) is 4.90 Å². The van der Waals surface area contributed by atoms with Crippen molar-refractivity contribution in [3.63, 3.8) is 0 Å². The molecule has 144 valence electrons. The lowest BCUT2D eigenvalue weighted by Crippen LogP contribution is -2.29. The number of halogens is 2. The van der Waals surface area contributed by atoms with Gasteiger partial charge in [0.2, 0.25) is 0 Å². The first kappa shape index (κ1) is 18.7. The number of nitrogens with zero attached hydrogens (tertiary/aromatic N) is 2. The van der Waals surface area contributed by atoms with Crippen LogP contribution in [0.1, 0.15) is 5.56 Å². The number of pyridine rings is 1. The average Bonchev–Trinajstić information content (AvgIpc) is 2.71. The van der Waals surface area contributed by atoms with Gasteiger partial charge in [0, 0.05) is 35.7 Å². The Morgan fingerprint density at radius 1 is 0.759 bits per heavy atom. The van der Waals surface area contributed by atoms with Gasteiger partial charge in [0.05, 0.1) is 6.20 Å². The van der Waals surface area contributed by atoms with Gasteiger partial charge >= 0.3 is 0 Å². The molecule has 0 atom stereocenters. The molecule has 29 heavy (non-hydrogen) atoms. The molecule has 4 aromatic rings. The largest absolute Gasteiger partial charge is 0.333 e. The molecule has 2 nitrogen and oxygen atoms in total. The van der Waals surface area contributed by atoms with Crippen molar-refractivity contribution >= 4 is 17.1 Å². The van der Waals surface area contributed by atoms with Crippen LogP contribution in [0.4, 0.5) is 25.8 Å². The van der Waals surface area contributed by atoms with Crippen LogP contribution < -0.4 is 9.47 Å². The summed E-state index contributed by atoms with van der Waals surface area (Å²) < 4.78 is 29.9. The molecule has 0 amide bonds. The molecule has 0 unspecified atom stereocenters. The average molecular weight is 386 g/mol. The van der Waals surface area contributed by atoms with E-state index in [-0.39, 0.29) is 0 Å². The molecular formula is C25H20F2N2. The second kappa shape index (κ2) is 7.76. The van der Waals surface area contributed by atoms with Crippen molar-refractivity contribution in [1.29, 1.82) is 0 Å². The van der Waals surface area contributed by atoms with Crippen molar-refractivity contribution in [3.8, 4) is 11.3 Å². The number of aryl methyl sites for hydroxylation is 1. The Labute approximate surface area is 169 Å². The van der Waals surface area contributed by atoms with Crippen LogP contribution in [-0.2, 0) is 0 Å². The fourth-order valence-corrected chi connectivity index (χ4v) is 3.50. The molecule has 0 fully saturated rings. The highest BCUT2D eigenvalue weighted by Crippen LogP contribution is 2.36. The lowest BCUT2D eigenvalue weighted by molar-refractivity contribution is -0.600. The number of benzene rings is 3. The van der Waals surface area contributed by atoms with E-state index in [1.54, 1.807) is 17.7 Å². The number of hydrogen-bond donors (Lipinski definition) is 0. The third-order valence-corrected chi connectivity index (χ3v) is 4.81. The van der Waals surface area contributed by atoms with Crippen LogP contribution in [0.25, 0.3) is 11.3 Å². The van der Waals surface area contributed by atoms with Gasteiger partial charge in [-0.15, -0.1) is 0 Å². The first-order valence-corrected chi connectivity index (χ1v) is 9.27. The molecule has 0 aliphatic carbocycles. The van der Waals surface area contributed by atoms with Crippen LogP contribution in [-0.4, -0.2) is 0 Å². The SMILES string of the molecule is [CH2-][n+]1ccc(N(c2ccccc2)c2ccccc2)cc1-c1c(C)cc(F)cc1F. The van der Waals surface area contributed by atoms with E-state index in [4.69, 9.17) is 0 Å². The summed E-state index contributed by atoms with van der Waals surface area (Å²) in [5.41, 5.74) is 4.22. The molecule has 3 aromatic carbocycles. The van der Waals surface area contributed by atoms with Crippen LogP contribution in [0.15, 0.2) is 91.1 Å². The minimum Gasteiger partial charge on any atom is -0.333 e. The Balaban J connectivity index is 1.92. The number of aromatic nitrogens is 1. The molecule has 0 saturated heterocycles. The van der Waals surface area contributed by atoms with Gasteiger partial charge in [0.15, 0.2) is 0 Å². The quantitative estimate of drug-likeness (QED) is 0.293. The van der Waals surface area contributed by atoms with Gasteiger partial charge in [0.1, 0.15) is 17.3 Å². The second-order valence-corrected chi connectivity index (χ2v) is 6.83. The van der Waals surface area contributed by atoms with Crippen molar-refractivity contribution < 1.29 is 13.3 Å². The summed E-state index contributed by atoms with van der Waals surface area (Å²) in [4.78, 5) is 2.08. The maximum absolute atomic E-state index is 14.7. The van der Waals surface area contributed by atoms with E-state index in [1.165, 1.54) is 6.07 Å². The topological polar surface area (TPSA) is 7.12 Å². The van der Waals surface area contributed by atoms with Gasteiger partial charge in [0.25, 0.3) is 0 Å². The van der Waals surface area contributed by atoms with Crippen molar-refractivity contribution in [1.82, 2.24) is 0 Å². The van der Waals surface area contributed by atoms with Crippen LogP contribution in [0, 0.1) is 25.6 Å². The van der Waals surface area contributed by atoms with Gasteiger partial charge in [-0.3, -0.25) is 0 Å². The normalized spacial score (nSPS) is 10.7. The number of anilines is 3. The third kappa shape index (κ3) is 3.69. The molecule has 0 aliphatic rings. The second-order valence-electron chi connectivity index (χ2n) is 6.83. The van der Waals surface area contributed by atoms with Gasteiger partial charge in [-0.2, -0.15) is 0 Å². The van der Waals surface area contributed by atoms with Crippen molar-refractivity contribution in [2.45, 2.75) is 6.92 Å². The van der Waals surface area contributed by atoms with E-state index >= 15 is 0 Å². The molecule has 4 rings (SSSR count). The highest BCUT2D eigenvalue weighted by molar-refractivity contribution is 5.78. The first-order valence-electron chi connectivity index (χ1n) is 9.27. The molecule has 1 aromatic heterocycles. The van der Waals surface area contributed by atoms with Crippen LogP contribution in [0.3, 0.4) is 0 Å². The highest BCUT2D eigenvalue weighted by Gasteiger charge is 2.17. The van der Waals surface area contributed by atoms with E-state index in [0.29, 0.717) is 16.8 Å². The maximum atomic E-state index is 14.7. The summed E-state index contributed by atoms with van der Waals surface area (Å²) in [6.07, 6.45) is 1.78. The maximum Gasteiger partial charge on any atom is 0.127 e. The first-order chi connectivity index (χ1) is 14.0. The standard InChI is InChI=1S/C25H20F2N2/c1-18-15-19(26)16-23(27)25(18)24-17-22(13-14-28(24)2)29(20-9-5-3-6-10-20)21-11-7-4-8-12-21/h3-17H,2H2,1H3. The summed E-state index contributed by atoms with van der Waals surface area (Å²) in [6, 6.07) is 25.9. The Hall–Kier alpha value is -3.66. The van der Waals surface area contributed by atoms with Crippen molar-refractivity contribution in [2.24, 2.45) is 0 Å². The van der Waals surface area contributed by atoms with Crippen LogP contribution in [0.5, 0.6) is 0 Å². The molecule has 0 bridgehead atoms. The molecular weight excluding hydrogens is 366 g/mol. The molecule has 1 heterocycles. The monoisotopic (exact) mass is 386 g/mol. The predicted molar refractivity (Wildman–Crippen MR) is 112 cm³/mol. The van der Waals surface area contributed by atoms with Crippen molar-refractivity contribution in [3.05, 3.63) is 115 Å². The van der Waals surface area contributed by atoms with Crippen LogP contribution in [0.2, 0.25) is 0 Å². The predicted octanol–water partition coefficient (Wildman–Crippen LogP) is 6.34. The van der Waals surface area contributed by atoms with E-state index in [0.717, 1.165) is 23.1 Å².